The van der Waals surface area contributed by atoms with Crippen molar-refractivity contribution in [3.8, 4) is 0 Å². The van der Waals surface area contributed by atoms with E-state index in [0.717, 1.165) is 0 Å². The molecule has 0 aliphatic rings. The second-order valence-electron chi connectivity index (χ2n) is 6.12. The molecule has 29 heavy (non-hydrogen) atoms. The average Bonchev–Trinajstić information content (AvgIpc) is 2.64. The molecule has 0 aliphatic heterocycles. The van der Waals surface area contributed by atoms with Crippen molar-refractivity contribution < 1.29 is 9.59 Å². The predicted octanol–water partition coefficient (Wildman–Crippen LogP) is 5.05. The molecule has 148 valence electrons. The summed E-state index contributed by atoms with van der Waals surface area (Å²) >= 11 is 12.2. The van der Waals surface area contributed by atoms with Crippen molar-refractivity contribution in [2.24, 2.45) is 0 Å². The molecule has 9 heteroatoms. The first-order valence-electron chi connectivity index (χ1n) is 8.57. The van der Waals surface area contributed by atoms with Crippen LogP contribution in [-0.2, 0) is 4.79 Å². The lowest BCUT2D eigenvalue weighted by molar-refractivity contribution is -0.114. The number of carbonyl (C=O) groups excluding carboxylic acids is 2. The topological polar surface area (TPSA) is 96.0 Å². The molecule has 2 amide bonds. The van der Waals surface area contributed by atoms with Crippen LogP contribution in [0.5, 0.6) is 0 Å². The van der Waals surface area contributed by atoms with E-state index in [0.29, 0.717) is 28.7 Å². The molecular formula is C20H17Cl2N5O2. The normalized spacial score (nSPS) is 10.3. The summed E-state index contributed by atoms with van der Waals surface area (Å²) in [6.45, 7) is 3.22. The maximum Gasteiger partial charge on any atom is 0.258 e. The third-order valence-electron chi connectivity index (χ3n) is 3.86. The van der Waals surface area contributed by atoms with Gasteiger partial charge in [0, 0.05) is 24.9 Å². The van der Waals surface area contributed by atoms with E-state index in [1.807, 2.05) is 0 Å². The second kappa shape index (κ2) is 8.89. The van der Waals surface area contributed by atoms with Crippen LogP contribution >= 0.6 is 23.2 Å². The highest BCUT2D eigenvalue weighted by Gasteiger charge is 2.15. The van der Waals surface area contributed by atoms with Gasteiger partial charge < -0.3 is 16.0 Å². The van der Waals surface area contributed by atoms with E-state index in [9.17, 15) is 9.59 Å². The fourth-order valence-electron chi connectivity index (χ4n) is 2.57. The minimum Gasteiger partial charge on any atom is -0.325 e. The summed E-state index contributed by atoms with van der Waals surface area (Å²) in [6.07, 6.45) is 1.55. The zero-order valence-electron chi connectivity index (χ0n) is 15.6. The number of halogens is 2. The number of carbonyl (C=O) groups is 2. The number of anilines is 4. The number of pyridine rings is 2. The van der Waals surface area contributed by atoms with Crippen LogP contribution in [0, 0.1) is 6.92 Å². The number of aryl methyl sites for hydroxylation is 1. The van der Waals surface area contributed by atoms with Crippen LogP contribution < -0.4 is 16.0 Å². The molecule has 0 unspecified atom stereocenters. The Morgan fingerprint density at radius 3 is 2.34 bits per heavy atom. The maximum atomic E-state index is 12.5. The third-order valence-corrected chi connectivity index (χ3v) is 4.49. The molecule has 3 aromatic rings. The first-order valence-corrected chi connectivity index (χ1v) is 9.33. The fourth-order valence-corrected chi connectivity index (χ4v) is 3.14. The predicted molar refractivity (Wildman–Crippen MR) is 115 cm³/mol. The SMILES string of the molecule is CC(=O)Nc1ccc(Nc2cc(NC(=O)c3c(Cl)cccc3Cl)ccn2)nc1C. The van der Waals surface area contributed by atoms with E-state index in [2.05, 4.69) is 25.9 Å². The molecule has 0 saturated heterocycles. The summed E-state index contributed by atoms with van der Waals surface area (Å²) in [5.74, 6) is 0.430. The molecule has 0 atom stereocenters. The monoisotopic (exact) mass is 429 g/mol. The highest BCUT2D eigenvalue weighted by molar-refractivity contribution is 6.40. The lowest BCUT2D eigenvalue weighted by atomic mass is 10.2. The van der Waals surface area contributed by atoms with E-state index in [-0.39, 0.29) is 21.5 Å². The van der Waals surface area contributed by atoms with Crippen LogP contribution in [0.3, 0.4) is 0 Å². The molecule has 2 aromatic heterocycles. The third kappa shape index (κ3) is 5.22. The molecule has 7 nitrogen and oxygen atoms in total. The number of nitrogens with zero attached hydrogens (tertiary/aromatic N) is 2. The van der Waals surface area contributed by atoms with Crippen LogP contribution in [0.2, 0.25) is 10.0 Å². The molecule has 3 N–H and O–H groups in total. The van der Waals surface area contributed by atoms with E-state index in [4.69, 9.17) is 23.2 Å². The summed E-state index contributed by atoms with van der Waals surface area (Å²) in [5, 5.41) is 9.05. The van der Waals surface area contributed by atoms with Crippen LogP contribution in [0.1, 0.15) is 23.0 Å². The molecule has 2 heterocycles. The zero-order chi connectivity index (χ0) is 21.0. The minimum absolute atomic E-state index is 0.167. The Morgan fingerprint density at radius 2 is 1.69 bits per heavy atom. The summed E-state index contributed by atoms with van der Waals surface area (Å²) in [5.41, 5.74) is 2.00. The lowest BCUT2D eigenvalue weighted by Gasteiger charge is -2.11. The molecule has 0 saturated carbocycles. The Balaban J connectivity index is 1.75. The first kappa shape index (κ1) is 20.6. The summed E-state index contributed by atoms with van der Waals surface area (Å²) in [7, 11) is 0. The van der Waals surface area contributed by atoms with Crippen LogP contribution in [0.15, 0.2) is 48.7 Å². The van der Waals surface area contributed by atoms with Crippen molar-refractivity contribution in [1.82, 2.24) is 9.97 Å². The highest BCUT2D eigenvalue weighted by Crippen LogP contribution is 2.26. The molecule has 1 aromatic carbocycles. The fraction of sp³-hybridized carbons (Fsp3) is 0.100. The minimum atomic E-state index is -0.425. The average molecular weight is 430 g/mol. The summed E-state index contributed by atoms with van der Waals surface area (Å²) in [6, 6.07) is 11.6. The first-order chi connectivity index (χ1) is 13.8. The number of benzene rings is 1. The van der Waals surface area contributed by atoms with Gasteiger partial charge >= 0.3 is 0 Å². The number of hydrogen-bond acceptors (Lipinski definition) is 5. The van der Waals surface area contributed by atoms with Gasteiger partial charge in [0.15, 0.2) is 0 Å². The van der Waals surface area contributed by atoms with Gasteiger partial charge in [0.25, 0.3) is 5.91 Å². The van der Waals surface area contributed by atoms with Crippen LogP contribution in [0.4, 0.5) is 23.0 Å². The molecule has 3 rings (SSSR count). The maximum absolute atomic E-state index is 12.5. The molecule has 0 aliphatic carbocycles. The van der Waals surface area contributed by atoms with Gasteiger partial charge in [-0.25, -0.2) is 9.97 Å². The number of hydrogen-bond donors (Lipinski definition) is 3. The number of rotatable bonds is 5. The molecule has 0 radical (unpaired) electrons. The Labute approximate surface area is 177 Å². The number of aromatic nitrogens is 2. The highest BCUT2D eigenvalue weighted by atomic mass is 35.5. The standard InChI is InChI=1S/C20H17Cl2N5O2/c1-11-16(25-12(2)28)6-7-17(24-11)27-18-10-13(8-9-23-18)26-20(29)19-14(21)4-3-5-15(19)22/h3-10H,1-2H3,(H,25,28)(H2,23,24,26,27,29). The molecular weight excluding hydrogens is 413 g/mol. The van der Waals surface area contributed by atoms with E-state index < -0.39 is 5.91 Å². The van der Waals surface area contributed by atoms with Gasteiger partial charge in [-0.05, 0) is 37.3 Å². The van der Waals surface area contributed by atoms with Gasteiger partial charge in [-0.15, -0.1) is 0 Å². The quantitative estimate of drug-likeness (QED) is 0.527. The second-order valence-corrected chi connectivity index (χ2v) is 6.93. The van der Waals surface area contributed by atoms with E-state index in [1.54, 1.807) is 55.6 Å². The molecule has 0 spiro atoms. The molecule has 0 fully saturated rings. The van der Waals surface area contributed by atoms with Gasteiger partial charge in [-0.2, -0.15) is 0 Å². The van der Waals surface area contributed by atoms with Crippen molar-refractivity contribution in [2.45, 2.75) is 13.8 Å². The van der Waals surface area contributed by atoms with Crippen molar-refractivity contribution >= 4 is 58.0 Å². The van der Waals surface area contributed by atoms with Crippen LogP contribution in [0.25, 0.3) is 0 Å². The van der Waals surface area contributed by atoms with Crippen LogP contribution in [-0.4, -0.2) is 21.8 Å². The number of nitrogens with one attached hydrogen (secondary N) is 3. The lowest BCUT2D eigenvalue weighted by Crippen LogP contribution is -2.13. The Bertz CT molecular complexity index is 1070. The van der Waals surface area contributed by atoms with Gasteiger partial charge in [0.2, 0.25) is 5.91 Å². The van der Waals surface area contributed by atoms with Crippen molar-refractivity contribution in [3.05, 3.63) is 70.0 Å². The van der Waals surface area contributed by atoms with Gasteiger partial charge in [-0.1, -0.05) is 29.3 Å². The smallest absolute Gasteiger partial charge is 0.258 e. The van der Waals surface area contributed by atoms with E-state index >= 15 is 0 Å². The van der Waals surface area contributed by atoms with Crippen molar-refractivity contribution in [2.75, 3.05) is 16.0 Å². The van der Waals surface area contributed by atoms with Gasteiger partial charge in [0.1, 0.15) is 11.6 Å². The Morgan fingerprint density at radius 1 is 0.966 bits per heavy atom. The molecule has 0 bridgehead atoms. The van der Waals surface area contributed by atoms with E-state index in [1.165, 1.54) is 6.92 Å². The van der Waals surface area contributed by atoms with Gasteiger partial charge in [-0.3, -0.25) is 9.59 Å². The van der Waals surface area contributed by atoms with Crippen molar-refractivity contribution in [1.29, 1.82) is 0 Å². The van der Waals surface area contributed by atoms with Crippen molar-refractivity contribution in [3.63, 3.8) is 0 Å². The largest absolute Gasteiger partial charge is 0.325 e. The van der Waals surface area contributed by atoms with Gasteiger partial charge in [0.05, 0.1) is 27.0 Å². The zero-order valence-corrected chi connectivity index (χ0v) is 17.1. The Hall–Kier alpha value is -3.16. The summed E-state index contributed by atoms with van der Waals surface area (Å²) < 4.78 is 0. The number of amides is 2. The summed E-state index contributed by atoms with van der Waals surface area (Å²) in [4.78, 5) is 32.3. The Kier molecular flexibility index (Phi) is 6.31.